The van der Waals surface area contributed by atoms with Gasteiger partial charge in [-0.25, -0.2) is 0 Å². The van der Waals surface area contributed by atoms with Gasteiger partial charge in [-0.3, -0.25) is 4.79 Å². The maximum Gasteiger partial charge on any atom is 0.223 e. The van der Waals surface area contributed by atoms with Crippen LogP contribution in [-0.2, 0) is 17.8 Å². The molecular weight excluding hydrogens is 186 g/mol. The van der Waals surface area contributed by atoms with E-state index in [1.807, 2.05) is 13.0 Å². The van der Waals surface area contributed by atoms with Crippen molar-refractivity contribution in [2.24, 2.45) is 5.92 Å². The highest BCUT2D eigenvalue weighted by molar-refractivity contribution is 5.78. The predicted octanol–water partition coefficient (Wildman–Crippen LogP) is 2.28. The van der Waals surface area contributed by atoms with Crippen LogP contribution in [-0.4, -0.2) is 5.91 Å². The van der Waals surface area contributed by atoms with E-state index in [0.717, 1.165) is 19.3 Å². The molecule has 1 aliphatic heterocycles. The van der Waals surface area contributed by atoms with E-state index in [-0.39, 0.29) is 11.8 Å². The second-order valence-corrected chi connectivity index (χ2v) is 4.28. The summed E-state index contributed by atoms with van der Waals surface area (Å²) < 4.78 is 0. The van der Waals surface area contributed by atoms with Gasteiger partial charge in [0.2, 0.25) is 5.91 Å². The van der Waals surface area contributed by atoms with Crippen molar-refractivity contribution in [3.05, 3.63) is 35.4 Å². The maximum atomic E-state index is 11.6. The number of hydrogen-bond acceptors (Lipinski definition) is 1. The Morgan fingerprint density at radius 1 is 1.27 bits per heavy atom. The Morgan fingerprint density at radius 3 is 2.80 bits per heavy atom. The average molecular weight is 203 g/mol. The molecule has 1 aromatic rings. The fourth-order valence-electron chi connectivity index (χ4n) is 2.06. The lowest BCUT2D eigenvalue weighted by molar-refractivity contribution is -0.124. The van der Waals surface area contributed by atoms with E-state index in [1.165, 1.54) is 11.1 Å². The third-order valence-electron chi connectivity index (χ3n) is 3.10. The third-order valence-corrected chi connectivity index (χ3v) is 3.10. The van der Waals surface area contributed by atoms with Gasteiger partial charge in [-0.05, 0) is 30.4 Å². The van der Waals surface area contributed by atoms with Crippen molar-refractivity contribution >= 4 is 5.91 Å². The Balaban J connectivity index is 2.20. The number of fused-ring (bicyclic) bond motifs is 1. The Labute approximate surface area is 90.7 Å². The summed E-state index contributed by atoms with van der Waals surface area (Å²) in [4.78, 5) is 11.6. The van der Waals surface area contributed by atoms with Gasteiger partial charge in [-0.15, -0.1) is 0 Å². The highest BCUT2D eigenvalue weighted by atomic mass is 16.1. The molecule has 1 amide bonds. The lowest BCUT2D eigenvalue weighted by Crippen LogP contribution is -2.28. The van der Waals surface area contributed by atoms with Crippen molar-refractivity contribution in [1.82, 2.24) is 5.32 Å². The van der Waals surface area contributed by atoms with Crippen LogP contribution in [0.5, 0.6) is 0 Å². The zero-order chi connectivity index (χ0) is 10.7. The molecule has 0 aliphatic carbocycles. The van der Waals surface area contributed by atoms with Crippen molar-refractivity contribution in [2.75, 3.05) is 0 Å². The predicted molar refractivity (Wildman–Crippen MR) is 60.4 cm³/mol. The first-order valence-corrected chi connectivity index (χ1v) is 5.62. The van der Waals surface area contributed by atoms with Gasteiger partial charge in [0.25, 0.3) is 0 Å². The van der Waals surface area contributed by atoms with Crippen LogP contribution in [0, 0.1) is 5.92 Å². The molecule has 0 radical (unpaired) electrons. The molecule has 0 fully saturated rings. The van der Waals surface area contributed by atoms with E-state index in [9.17, 15) is 4.79 Å². The van der Waals surface area contributed by atoms with E-state index in [1.54, 1.807) is 0 Å². The van der Waals surface area contributed by atoms with E-state index in [4.69, 9.17) is 0 Å². The van der Waals surface area contributed by atoms with Gasteiger partial charge in [-0.1, -0.05) is 31.2 Å². The van der Waals surface area contributed by atoms with Crippen LogP contribution in [0.25, 0.3) is 0 Å². The first-order valence-electron chi connectivity index (χ1n) is 5.62. The quantitative estimate of drug-likeness (QED) is 0.688. The van der Waals surface area contributed by atoms with Crippen molar-refractivity contribution in [3.63, 3.8) is 0 Å². The van der Waals surface area contributed by atoms with Gasteiger partial charge in [0.15, 0.2) is 0 Å². The summed E-state index contributed by atoms with van der Waals surface area (Å²) in [5.41, 5.74) is 2.65. The van der Waals surface area contributed by atoms with Crippen molar-refractivity contribution < 1.29 is 4.79 Å². The number of carbonyl (C=O) groups is 1. The highest BCUT2D eigenvalue weighted by Gasteiger charge is 2.15. The topological polar surface area (TPSA) is 29.1 Å². The molecule has 1 N–H and O–H groups in total. The minimum absolute atomic E-state index is 0.152. The fraction of sp³-hybridized carbons (Fsp3) is 0.462. The molecule has 1 aliphatic rings. The normalized spacial score (nSPS) is 21.9. The van der Waals surface area contributed by atoms with Crippen molar-refractivity contribution in [3.8, 4) is 0 Å². The number of nitrogens with one attached hydrogen (secondary N) is 1. The second-order valence-electron chi connectivity index (χ2n) is 4.28. The van der Waals surface area contributed by atoms with Crippen molar-refractivity contribution in [1.29, 1.82) is 0 Å². The molecule has 0 saturated carbocycles. The van der Waals surface area contributed by atoms with Crippen LogP contribution in [0.2, 0.25) is 0 Å². The Hall–Kier alpha value is -1.31. The molecule has 1 unspecified atom stereocenters. The van der Waals surface area contributed by atoms with Crippen LogP contribution < -0.4 is 5.32 Å². The first-order chi connectivity index (χ1) is 7.27. The number of carbonyl (C=O) groups excluding carboxylic acids is 1. The minimum Gasteiger partial charge on any atom is -0.352 e. The first kappa shape index (κ1) is 10.2. The Kier molecular flexibility index (Phi) is 3.05. The minimum atomic E-state index is 0.152. The van der Waals surface area contributed by atoms with Crippen LogP contribution in [0.4, 0.5) is 0 Å². The average Bonchev–Trinajstić information content (AvgIpc) is 2.32. The van der Waals surface area contributed by atoms with Crippen LogP contribution in [0.3, 0.4) is 0 Å². The summed E-state index contributed by atoms with van der Waals surface area (Å²) in [6.07, 6.45) is 3.18. The van der Waals surface area contributed by atoms with Crippen LogP contribution in [0.15, 0.2) is 24.3 Å². The largest absolute Gasteiger partial charge is 0.352 e. The summed E-state index contributed by atoms with van der Waals surface area (Å²) in [6.45, 7) is 2.69. The summed E-state index contributed by atoms with van der Waals surface area (Å²) in [7, 11) is 0. The molecule has 2 rings (SSSR count). The van der Waals surface area contributed by atoms with Gasteiger partial charge in [-0.2, -0.15) is 0 Å². The van der Waals surface area contributed by atoms with Crippen LogP contribution in [0.1, 0.15) is 30.9 Å². The zero-order valence-electron chi connectivity index (χ0n) is 9.12. The molecule has 1 aromatic carbocycles. The number of aryl methyl sites for hydroxylation is 1. The van der Waals surface area contributed by atoms with Gasteiger partial charge in [0, 0.05) is 12.5 Å². The molecule has 1 atom stereocenters. The second kappa shape index (κ2) is 4.47. The standard InChI is InChI=1S/C13H17NO/c1-10-5-4-8-11-6-2-3-7-12(11)9-14-13(10)15/h2-3,6-7,10H,4-5,8-9H2,1H3,(H,14,15). The lowest BCUT2D eigenvalue weighted by Gasteiger charge is -2.09. The molecule has 0 spiro atoms. The zero-order valence-corrected chi connectivity index (χ0v) is 9.12. The van der Waals surface area contributed by atoms with E-state index >= 15 is 0 Å². The molecule has 0 bridgehead atoms. The van der Waals surface area contributed by atoms with Crippen molar-refractivity contribution in [2.45, 2.75) is 32.7 Å². The molecule has 2 nitrogen and oxygen atoms in total. The number of rotatable bonds is 0. The number of benzene rings is 1. The van der Waals surface area contributed by atoms with Gasteiger partial charge in [0.1, 0.15) is 0 Å². The molecule has 1 heterocycles. The molecule has 80 valence electrons. The smallest absolute Gasteiger partial charge is 0.223 e. The third kappa shape index (κ3) is 2.38. The fourth-order valence-corrected chi connectivity index (χ4v) is 2.06. The van der Waals surface area contributed by atoms with Gasteiger partial charge >= 0.3 is 0 Å². The lowest BCUT2D eigenvalue weighted by atomic mass is 9.99. The SMILES string of the molecule is CC1CCCc2ccccc2CNC1=O. The Bertz CT molecular complexity index is 359. The van der Waals surface area contributed by atoms with E-state index in [2.05, 4.69) is 23.5 Å². The molecule has 0 saturated heterocycles. The highest BCUT2D eigenvalue weighted by Crippen LogP contribution is 2.17. The summed E-state index contributed by atoms with van der Waals surface area (Å²) in [5.74, 6) is 0.339. The molecular formula is C13H17NO. The maximum absolute atomic E-state index is 11.6. The van der Waals surface area contributed by atoms with Crippen LogP contribution >= 0.6 is 0 Å². The van der Waals surface area contributed by atoms with E-state index < -0.39 is 0 Å². The summed E-state index contributed by atoms with van der Waals surface area (Å²) >= 11 is 0. The number of amides is 1. The molecule has 15 heavy (non-hydrogen) atoms. The van der Waals surface area contributed by atoms with E-state index in [0.29, 0.717) is 6.54 Å². The Morgan fingerprint density at radius 2 is 2.00 bits per heavy atom. The molecule has 2 heteroatoms. The number of hydrogen-bond donors (Lipinski definition) is 1. The van der Waals surface area contributed by atoms with Gasteiger partial charge in [0.05, 0.1) is 0 Å². The monoisotopic (exact) mass is 203 g/mol. The summed E-state index contributed by atoms with van der Waals surface area (Å²) in [5, 5.41) is 2.99. The molecule has 0 aromatic heterocycles. The summed E-state index contributed by atoms with van der Waals surface area (Å²) in [6, 6.07) is 8.37. The van der Waals surface area contributed by atoms with Gasteiger partial charge < -0.3 is 5.32 Å².